The van der Waals surface area contributed by atoms with Crippen molar-refractivity contribution in [1.29, 1.82) is 0 Å². The molecule has 0 aliphatic carbocycles. The molecule has 1 N–H and O–H groups in total. The van der Waals surface area contributed by atoms with Crippen LogP contribution in [0.3, 0.4) is 0 Å². The summed E-state index contributed by atoms with van der Waals surface area (Å²) in [5.74, 6) is 2.60. The van der Waals surface area contributed by atoms with Gasteiger partial charge in [0.1, 0.15) is 30.3 Å². The Morgan fingerprint density at radius 3 is 2.43 bits per heavy atom. The van der Waals surface area contributed by atoms with E-state index in [1.54, 1.807) is 6.33 Å². The number of hydrogen-bond acceptors (Lipinski definition) is 6. The number of ether oxygens (including phenoxy) is 1. The fourth-order valence-electron chi connectivity index (χ4n) is 3.15. The van der Waals surface area contributed by atoms with Crippen LogP contribution in [0.15, 0.2) is 67.0 Å². The predicted molar refractivity (Wildman–Crippen MR) is 112 cm³/mol. The van der Waals surface area contributed by atoms with Crippen LogP contribution in [-0.2, 0) is 6.61 Å². The van der Waals surface area contributed by atoms with Crippen molar-refractivity contribution in [2.24, 2.45) is 0 Å². The third-order valence-corrected chi connectivity index (χ3v) is 4.85. The summed E-state index contributed by atoms with van der Waals surface area (Å²) in [6.45, 7) is 4.64. The standard InChI is InChI=1S/C22H25N5O/c1-26-11-13-27(14-12-26)22-15-21(23-17-24-22)25-19-7-9-20(10-8-19)28-16-18-5-3-2-4-6-18/h2-10,15,17H,11-14,16H2,1H3,(H,23,24,25). The molecule has 0 saturated carbocycles. The van der Waals surface area contributed by atoms with Crippen molar-refractivity contribution in [2.45, 2.75) is 6.61 Å². The molecule has 2 heterocycles. The first kappa shape index (κ1) is 18.3. The summed E-state index contributed by atoms with van der Waals surface area (Å²) in [7, 11) is 2.15. The van der Waals surface area contributed by atoms with Gasteiger partial charge in [-0.1, -0.05) is 30.3 Å². The molecular weight excluding hydrogens is 350 g/mol. The summed E-state index contributed by atoms with van der Waals surface area (Å²) in [5, 5.41) is 3.35. The number of rotatable bonds is 6. The van der Waals surface area contributed by atoms with Crippen LogP contribution >= 0.6 is 0 Å². The quantitative estimate of drug-likeness (QED) is 0.711. The van der Waals surface area contributed by atoms with Crippen LogP contribution in [0.2, 0.25) is 0 Å². The van der Waals surface area contributed by atoms with Crippen molar-refractivity contribution < 1.29 is 4.74 Å². The summed E-state index contributed by atoms with van der Waals surface area (Å²) in [5.41, 5.74) is 2.12. The van der Waals surface area contributed by atoms with Gasteiger partial charge >= 0.3 is 0 Å². The summed E-state index contributed by atoms with van der Waals surface area (Å²) >= 11 is 0. The average Bonchev–Trinajstić information content (AvgIpc) is 2.75. The number of aromatic nitrogens is 2. The minimum Gasteiger partial charge on any atom is -0.489 e. The Morgan fingerprint density at radius 1 is 0.929 bits per heavy atom. The molecule has 0 spiro atoms. The Hall–Kier alpha value is -3.12. The maximum atomic E-state index is 5.84. The molecule has 0 radical (unpaired) electrons. The molecule has 1 aromatic heterocycles. The molecule has 3 aromatic rings. The number of anilines is 3. The van der Waals surface area contributed by atoms with Gasteiger partial charge < -0.3 is 19.9 Å². The van der Waals surface area contributed by atoms with Gasteiger partial charge in [0, 0.05) is 37.9 Å². The normalized spacial score (nSPS) is 14.7. The van der Waals surface area contributed by atoms with Crippen molar-refractivity contribution >= 4 is 17.3 Å². The molecule has 1 saturated heterocycles. The van der Waals surface area contributed by atoms with E-state index >= 15 is 0 Å². The molecule has 28 heavy (non-hydrogen) atoms. The van der Waals surface area contributed by atoms with Gasteiger partial charge in [0.2, 0.25) is 0 Å². The number of piperazine rings is 1. The van der Waals surface area contributed by atoms with E-state index in [0.717, 1.165) is 54.8 Å². The number of benzene rings is 2. The van der Waals surface area contributed by atoms with Gasteiger partial charge in [-0.05, 0) is 36.9 Å². The van der Waals surface area contributed by atoms with E-state index in [1.807, 2.05) is 48.5 Å². The Balaban J connectivity index is 1.36. The highest BCUT2D eigenvalue weighted by Crippen LogP contribution is 2.22. The second kappa shape index (κ2) is 8.71. The Kier molecular flexibility index (Phi) is 5.68. The lowest BCUT2D eigenvalue weighted by atomic mass is 10.2. The Bertz CT molecular complexity index is 877. The third-order valence-electron chi connectivity index (χ3n) is 4.85. The van der Waals surface area contributed by atoms with Crippen LogP contribution in [0.1, 0.15) is 5.56 Å². The molecule has 4 rings (SSSR count). The lowest BCUT2D eigenvalue weighted by Crippen LogP contribution is -2.44. The fourth-order valence-corrected chi connectivity index (χ4v) is 3.15. The topological polar surface area (TPSA) is 53.5 Å². The first-order valence-corrected chi connectivity index (χ1v) is 9.56. The lowest BCUT2D eigenvalue weighted by Gasteiger charge is -2.33. The molecule has 6 heteroatoms. The van der Waals surface area contributed by atoms with Crippen LogP contribution in [0.5, 0.6) is 5.75 Å². The van der Waals surface area contributed by atoms with Crippen molar-refractivity contribution in [3.05, 3.63) is 72.6 Å². The molecule has 0 unspecified atom stereocenters. The van der Waals surface area contributed by atoms with Gasteiger partial charge in [-0.25, -0.2) is 9.97 Å². The third kappa shape index (κ3) is 4.78. The zero-order valence-electron chi connectivity index (χ0n) is 16.1. The number of nitrogens with zero attached hydrogens (tertiary/aromatic N) is 4. The molecule has 2 aromatic carbocycles. The molecule has 0 amide bonds. The van der Waals surface area contributed by atoms with Gasteiger partial charge in [-0.3, -0.25) is 0 Å². The molecular formula is C22H25N5O. The Labute approximate surface area is 165 Å². The molecule has 0 atom stereocenters. The van der Waals surface area contributed by atoms with Crippen molar-refractivity contribution in [2.75, 3.05) is 43.4 Å². The second-order valence-corrected chi connectivity index (χ2v) is 6.98. The first-order chi connectivity index (χ1) is 13.8. The maximum Gasteiger partial charge on any atom is 0.135 e. The van der Waals surface area contributed by atoms with Gasteiger partial charge in [-0.15, -0.1) is 0 Å². The van der Waals surface area contributed by atoms with E-state index in [2.05, 4.69) is 44.3 Å². The molecule has 144 valence electrons. The maximum absolute atomic E-state index is 5.84. The van der Waals surface area contributed by atoms with Gasteiger partial charge in [0.15, 0.2) is 0 Å². The van der Waals surface area contributed by atoms with E-state index in [1.165, 1.54) is 0 Å². The van der Waals surface area contributed by atoms with Gasteiger partial charge in [0.05, 0.1) is 0 Å². The zero-order valence-corrected chi connectivity index (χ0v) is 16.1. The summed E-state index contributed by atoms with van der Waals surface area (Å²) in [6.07, 6.45) is 1.62. The molecule has 0 bridgehead atoms. The van der Waals surface area contributed by atoms with E-state index in [0.29, 0.717) is 6.61 Å². The van der Waals surface area contributed by atoms with Crippen molar-refractivity contribution in [3.8, 4) is 5.75 Å². The summed E-state index contributed by atoms with van der Waals surface area (Å²) in [4.78, 5) is 13.4. The minimum atomic E-state index is 0.563. The smallest absolute Gasteiger partial charge is 0.135 e. The zero-order chi connectivity index (χ0) is 19.2. The van der Waals surface area contributed by atoms with Gasteiger partial charge in [0.25, 0.3) is 0 Å². The second-order valence-electron chi connectivity index (χ2n) is 6.98. The summed E-state index contributed by atoms with van der Waals surface area (Å²) < 4.78 is 5.84. The molecule has 1 aliphatic rings. The lowest BCUT2D eigenvalue weighted by molar-refractivity contribution is 0.306. The van der Waals surface area contributed by atoms with Crippen LogP contribution in [0, 0.1) is 0 Å². The van der Waals surface area contributed by atoms with Gasteiger partial charge in [-0.2, -0.15) is 0 Å². The largest absolute Gasteiger partial charge is 0.489 e. The van der Waals surface area contributed by atoms with Crippen LogP contribution in [0.25, 0.3) is 0 Å². The van der Waals surface area contributed by atoms with Crippen LogP contribution in [0.4, 0.5) is 17.3 Å². The number of nitrogens with one attached hydrogen (secondary N) is 1. The van der Waals surface area contributed by atoms with Crippen LogP contribution < -0.4 is 15.0 Å². The highest BCUT2D eigenvalue weighted by Gasteiger charge is 2.15. The SMILES string of the molecule is CN1CCN(c2cc(Nc3ccc(OCc4ccccc4)cc3)ncn2)CC1. The molecule has 1 aliphatic heterocycles. The highest BCUT2D eigenvalue weighted by atomic mass is 16.5. The highest BCUT2D eigenvalue weighted by molar-refractivity contribution is 5.60. The molecule has 1 fully saturated rings. The average molecular weight is 375 g/mol. The van der Waals surface area contributed by atoms with E-state index in [9.17, 15) is 0 Å². The number of hydrogen-bond donors (Lipinski definition) is 1. The summed E-state index contributed by atoms with van der Waals surface area (Å²) in [6, 6.07) is 20.1. The fraction of sp³-hybridized carbons (Fsp3) is 0.273. The monoisotopic (exact) mass is 375 g/mol. The van der Waals surface area contributed by atoms with Crippen molar-refractivity contribution in [3.63, 3.8) is 0 Å². The van der Waals surface area contributed by atoms with E-state index in [4.69, 9.17) is 4.74 Å². The number of likely N-dealkylation sites (N-methyl/N-ethyl adjacent to an activating group) is 1. The van der Waals surface area contributed by atoms with E-state index in [-0.39, 0.29) is 0 Å². The molecule has 6 nitrogen and oxygen atoms in total. The van der Waals surface area contributed by atoms with E-state index < -0.39 is 0 Å². The predicted octanol–water partition coefficient (Wildman–Crippen LogP) is 3.55. The minimum absolute atomic E-state index is 0.563. The Morgan fingerprint density at radius 2 is 1.68 bits per heavy atom. The van der Waals surface area contributed by atoms with Crippen LogP contribution in [-0.4, -0.2) is 48.1 Å². The first-order valence-electron chi connectivity index (χ1n) is 9.56. The van der Waals surface area contributed by atoms with Crippen molar-refractivity contribution in [1.82, 2.24) is 14.9 Å².